The Hall–Kier alpha value is -1.19. The molecule has 0 aliphatic carbocycles. The molecule has 0 aromatic heterocycles. The van der Waals surface area contributed by atoms with E-state index in [9.17, 15) is 0 Å². The molecule has 0 aliphatic heterocycles. The Labute approximate surface area is 133 Å². The van der Waals surface area contributed by atoms with Gasteiger partial charge < -0.3 is 10.1 Å². The van der Waals surface area contributed by atoms with E-state index < -0.39 is 0 Å². The standard InChI is InChI=1S/C16H17BrClNO/c1-3-20-14-6-7-16(11(2)8-14)19-10-12-4-5-13(18)9-15(12)17/h4-9,19H,3,10H2,1-2H3. The van der Waals surface area contributed by atoms with Crippen LogP contribution in [0.1, 0.15) is 18.1 Å². The monoisotopic (exact) mass is 353 g/mol. The van der Waals surface area contributed by atoms with Crippen molar-refractivity contribution in [3.05, 3.63) is 57.0 Å². The molecule has 0 heterocycles. The van der Waals surface area contributed by atoms with Crippen molar-refractivity contribution in [3.63, 3.8) is 0 Å². The van der Waals surface area contributed by atoms with Gasteiger partial charge in [-0.2, -0.15) is 0 Å². The number of aryl methyl sites for hydroxylation is 1. The maximum absolute atomic E-state index is 5.94. The second kappa shape index (κ2) is 7.00. The van der Waals surface area contributed by atoms with Crippen LogP contribution < -0.4 is 10.1 Å². The van der Waals surface area contributed by atoms with E-state index in [-0.39, 0.29) is 0 Å². The largest absolute Gasteiger partial charge is 0.494 e. The molecule has 0 fully saturated rings. The fourth-order valence-electron chi connectivity index (χ4n) is 1.95. The van der Waals surface area contributed by atoms with Crippen molar-refractivity contribution >= 4 is 33.2 Å². The van der Waals surface area contributed by atoms with Crippen LogP contribution in [0.25, 0.3) is 0 Å². The van der Waals surface area contributed by atoms with Gasteiger partial charge in [0, 0.05) is 21.7 Å². The van der Waals surface area contributed by atoms with Crippen LogP contribution in [-0.2, 0) is 6.54 Å². The van der Waals surface area contributed by atoms with Crippen LogP contribution in [0.3, 0.4) is 0 Å². The fraction of sp³-hybridized carbons (Fsp3) is 0.250. The van der Waals surface area contributed by atoms with Gasteiger partial charge in [-0.3, -0.25) is 0 Å². The molecule has 4 heteroatoms. The Kier molecular flexibility index (Phi) is 5.32. The third-order valence-corrected chi connectivity index (χ3v) is 3.97. The van der Waals surface area contributed by atoms with E-state index in [1.54, 1.807) is 0 Å². The molecule has 0 bridgehead atoms. The van der Waals surface area contributed by atoms with Crippen LogP contribution in [0.2, 0.25) is 5.02 Å². The summed E-state index contributed by atoms with van der Waals surface area (Å²) >= 11 is 9.47. The van der Waals surface area contributed by atoms with Crippen molar-refractivity contribution in [2.24, 2.45) is 0 Å². The van der Waals surface area contributed by atoms with E-state index in [0.717, 1.165) is 27.5 Å². The van der Waals surface area contributed by atoms with Gasteiger partial charge in [-0.25, -0.2) is 0 Å². The Balaban J connectivity index is 2.07. The van der Waals surface area contributed by atoms with Gasteiger partial charge in [-0.1, -0.05) is 33.6 Å². The number of ether oxygens (including phenoxy) is 1. The molecular formula is C16H17BrClNO. The van der Waals surface area contributed by atoms with Crippen LogP contribution in [0.15, 0.2) is 40.9 Å². The van der Waals surface area contributed by atoms with Gasteiger partial charge >= 0.3 is 0 Å². The van der Waals surface area contributed by atoms with E-state index >= 15 is 0 Å². The molecule has 0 atom stereocenters. The summed E-state index contributed by atoms with van der Waals surface area (Å²) in [5, 5.41) is 4.16. The van der Waals surface area contributed by atoms with E-state index in [1.807, 2.05) is 43.3 Å². The normalized spacial score (nSPS) is 10.4. The molecule has 0 saturated heterocycles. The molecule has 0 amide bonds. The molecule has 2 aromatic carbocycles. The molecule has 2 aromatic rings. The summed E-state index contributed by atoms with van der Waals surface area (Å²) in [5.41, 5.74) is 3.44. The number of anilines is 1. The average molecular weight is 355 g/mol. The van der Waals surface area contributed by atoms with E-state index in [1.165, 1.54) is 11.1 Å². The first kappa shape index (κ1) is 15.2. The first-order chi connectivity index (χ1) is 9.60. The second-order valence-corrected chi connectivity index (χ2v) is 5.79. The number of hydrogen-bond donors (Lipinski definition) is 1. The summed E-state index contributed by atoms with van der Waals surface area (Å²) in [6, 6.07) is 11.9. The number of halogens is 2. The summed E-state index contributed by atoms with van der Waals surface area (Å²) in [6.45, 7) is 5.48. The summed E-state index contributed by atoms with van der Waals surface area (Å²) in [7, 11) is 0. The smallest absolute Gasteiger partial charge is 0.119 e. The van der Waals surface area contributed by atoms with Crippen molar-refractivity contribution in [1.82, 2.24) is 0 Å². The Bertz CT molecular complexity index is 601. The number of hydrogen-bond acceptors (Lipinski definition) is 2. The van der Waals surface area contributed by atoms with Gasteiger partial charge in [0.25, 0.3) is 0 Å². The molecular weight excluding hydrogens is 338 g/mol. The first-order valence-corrected chi connectivity index (χ1v) is 7.68. The molecule has 0 saturated carbocycles. The van der Waals surface area contributed by atoms with Gasteiger partial charge in [0.1, 0.15) is 5.75 Å². The molecule has 0 aliphatic rings. The van der Waals surface area contributed by atoms with Crippen molar-refractivity contribution in [2.45, 2.75) is 20.4 Å². The average Bonchev–Trinajstić information content (AvgIpc) is 2.40. The zero-order valence-corrected chi connectivity index (χ0v) is 13.9. The number of nitrogens with one attached hydrogen (secondary N) is 1. The minimum absolute atomic E-state index is 0.684. The van der Waals surface area contributed by atoms with Crippen LogP contribution >= 0.6 is 27.5 Å². The van der Waals surface area contributed by atoms with Gasteiger partial charge in [-0.05, 0) is 55.3 Å². The van der Waals surface area contributed by atoms with Gasteiger partial charge in [0.05, 0.1) is 6.61 Å². The Morgan fingerprint density at radius 3 is 2.65 bits per heavy atom. The van der Waals surface area contributed by atoms with Crippen LogP contribution in [0, 0.1) is 6.92 Å². The van der Waals surface area contributed by atoms with E-state index in [4.69, 9.17) is 16.3 Å². The lowest BCUT2D eigenvalue weighted by Crippen LogP contribution is -2.02. The molecule has 0 spiro atoms. The zero-order chi connectivity index (χ0) is 14.5. The van der Waals surface area contributed by atoms with E-state index in [0.29, 0.717) is 6.61 Å². The van der Waals surface area contributed by atoms with E-state index in [2.05, 4.69) is 28.2 Å². The molecule has 106 valence electrons. The highest BCUT2D eigenvalue weighted by molar-refractivity contribution is 9.10. The van der Waals surface area contributed by atoms with Crippen LogP contribution in [0.4, 0.5) is 5.69 Å². The van der Waals surface area contributed by atoms with Crippen molar-refractivity contribution in [1.29, 1.82) is 0 Å². The molecule has 2 rings (SSSR count). The fourth-order valence-corrected chi connectivity index (χ4v) is 2.77. The zero-order valence-electron chi connectivity index (χ0n) is 11.5. The molecule has 1 N–H and O–H groups in total. The molecule has 0 radical (unpaired) electrons. The second-order valence-electron chi connectivity index (χ2n) is 4.50. The predicted molar refractivity (Wildman–Crippen MR) is 88.8 cm³/mol. The Morgan fingerprint density at radius 2 is 2.00 bits per heavy atom. The quantitative estimate of drug-likeness (QED) is 0.774. The number of rotatable bonds is 5. The molecule has 2 nitrogen and oxygen atoms in total. The highest BCUT2D eigenvalue weighted by Crippen LogP contribution is 2.25. The van der Waals surface area contributed by atoms with Crippen molar-refractivity contribution < 1.29 is 4.74 Å². The lowest BCUT2D eigenvalue weighted by Gasteiger charge is -2.12. The third kappa shape index (κ3) is 3.90. The minimum atomic E-state index is 0.684. The first-order valence-electron chi connectivity index (χ1n) is 6.51. The van der Waals surface area contributed by atoms with Crippen molar-refractivity contribution in [2.75, 3.05) is 11.9 Å². The summed E-state index contributed by atoms with van der Waals surface area (Å²) in [5.74, 6) is 0.906. The SMILES string of the molecule is CCOc1ccc(NCc2ccc(Cl)cc2Br)c(C)c1. The maximum Gasteiger partial charge on any atom is 0.119 e. The van der Waals surface area contributed by atoms with Crippen LogP contribution in [0.5, 0.6) is 5.75 Å². The maximum atomic E-state index is 5.94. The van der Waals surface area contributed by atoms with Gasteiger partial charge in [-0.15, -0.1) is 0 Å². The van der Waals surface area contributed by atoms with Crippen molar-refractivity contribution in [3.8, 4) is 5.75 Å². The summed E-state index contributed by atoms with van der Waals surface area (Å²) in [6.07, 6.45) is 0. The summed E-state index contributed by atoms with van der Waals surface area (Å²) < 4.78 is 6.50. The third-order valence-electron chi connectivity index (χ3n) is 2.99. The minimum Gasteiger partial charge on any atom is -0.494 e. The van der Waals surface area contributed by atoms with Gasteiger partial charge in [0.2, 0.25) is 0 Å². The number of benzene rings is 2. The lowest BCUT2D eigenvalue weighted by atomic mass is 10.1. The highest BCUT2D eigenvalue weighted by Gasteiger charge is 2.03. The lowest BCUT2D eigenvalue weighted by molar-refractivity contribution is 0.340. The molecule has 0 unspecified atom stereocenters. The highest BCUT2D eigenvalue weighted by atomic mass is 79.9. The van der Waals surface area contributed by atoms with Crippen LogP contribution in [-0.4, -0.2) is 6.61 Å². The topological polar surface area (TPSA) is 21.3 Å². The van der Waals surface area contributed by atoms with Gasteiger partial charge in [0.15, 0.2) is 0 Å². The predicted octanol–water partition coefficient (Wildman–Crippen LogP) is 5.42. The Morgan fingerprint density at radius 1 is 1.20 bits per heavy atom. The summed E-state index contributed by atoms with van der Waals surface area (Å²) in [4.78, 5) is 0. The molecule has 20 heavy (non-hydrogen) atoms.